The van der Waals surface area contributed by atoms with Crippen molar-refractivity contribution in [2.45, 2.75) is 6.43 Å². The summed E-state index contributed by atoms with van der Waals surface area (Å²) in [7, 11) is 0. The summed E-state index contributed by atoms with van der Waals surface area (Å²) in [5.74, 6) is -1.29. The molecule has 3 aromatic rings. The van der Waals surface area contributed by atoms with E-state index in [0.717, 1.165) is 0 Å². The molecule has 3 rings (SSSR count). The zero-order chi connectivity index (χ0) is 14.3. The van der Waals surface area contributed by atoms with Crippen molar-refractivity contribution in [3.05, 3.63) is 58.4 Å². The standard InChI is InChI=1S/C15H8F2O3/c16-14(17)13(18)8-5-6-10-9-3-1-2-4-11(9)15(19)20-12(10)7-8/h1-7,14H. The minimum atomic E-state index is -3.08. The van der Waals surface area contributed by atoms with E-state index >= 15 is 0 Å². The molecule has 0 unspecified atom stereocenters. The molecule has 1 aromatic heterocycles. The van der Waals surface area contributed by atoms with Crippen molar-refractivity contribution in [3.8, 4) is 0 Å². The van der Waals surface area contributed by atoms with Crippen LogP contribution in [0.5, 0.6) is 0 Å². The van der Waals surface area contributed by atoms with Crippen LogP contribution < -0.4 is 5.63 Å². The number of carbonyl (C=O) groups is 1. The molecule has 3 nitrogen and oxygen atoms in total. The third-order valence-electron chi connectivity index (χ3n) is 3.10. The SMILES string of the molecule is O=C(c1ccc2c(c1)oc(=O)c1ccccc12)C(F)F. The third-order valence-corrected chi connectivity index (χ3v) is 3.10. The number of hydrogen-bond acceptors (Lipinski definition) is 3. The van der Waals surface area contributed by atoms with Crippen molar-refractivity contribution >= 4 is 27.5 Å². The lowest BCUT2D eigenvalue weighted by Gasteiger charge is -2.04. The Morgan fingerprint density at radius 1 is 1.00 bits per heavy atom. The topological polar surface area (TPSA) is 47.3 Å². The molecule has 2 aromatic carbocycles. The van der Waals surface area contributed by atoms with Crippen molar-refractivity contribution in [2.24, 2.45) is 0 Å². The van der Waals surface area contributed by atoms with Crippen molar-refractivity contribution in [2.75, 3.05) is 0 Å². The molecule has 0 saturated heterocycles. The first-order chi connectivity index (χ1) is 9.58. The Morgan fingerprint density at radius 3 is 2.40 bits per heavy atom. The first kappa shape index (κ1) is 12.5. The summed E-state index contributed by atoms with van der Waals surface area (Å²) < 4.78 is 29.9. The van der Waals surface area contributed by atoms with Crippen LogP contribution in [-0.2, 0) is 0 Å². The van der Waals surface area contributed by atoms with E-state index < -0.39 is 17.8 Å². The molecule has 20 heavy (non-hydrogen) atoms. The Hall–Kier alpha value is -2.56. The van der Waals surface area contributed by atoms with Crippen LogP contribution in [0.1, 0.15) is 10.4 Å². The lowest BCUT2D eigenvalue weighted by Crippen LogP contribution is -2.10. The molecule has 5 heteroatoms. The quantitative estimate of drug-likeness (QED) is 0.409. The van der Waals surface area contributed by atoms with E-state index in [9.17, 15) is 18.4 Å². The summed E-state index contributed by atoms with van der Waals surface area (Å²) in [5, 5.41) is 1.67. The van der Waals surface area contributed by atoms with Crippen molar-refractivity contribution in [3.63, 3.8) is 0 Å². The van der Waals surface area contributed by atoms with Gasteiger partial charge in [0, 0.05) is 10.9 Å². The zero-order valence-corrected chi connectivity index (χ0v) is 10.1. The highest BCUT2D eigenvalue weighted by molar-refractivity contribution is 6.07. The van der Waals surface area contributed by atoms with Gasteiger partial charge >= 0.3 is 12.1 Å². The van der Waals surface area contributed by atoms with Crippen LogP contribution in [0, 0.1) is 0 Å². The summed E-state index contributed by atoms with van der Waals surface area (Å²) in [6.07, 6.45) is -3.08. The van der Waals surface area contributed by atoms with Crippen molar-refractivity contribution in [1.82, 2.24) is 0 Å². The summed E-state index contributed by atoms with van der Waals surface area (Å²) in [6, 6.07) is 10.8. The number of rotatable bonds is 2. The van der Waals surface area contributed by atoms with Gasteiger partial charge in [-0.2, -0.15) is 0 Å². The second-order valence-electron chi connectivity index (χ2n) is 4.31. The van der Waals surface area contributed by atoms with Gasteiger partial charge in [0.05, 0.1) is 5.39 Å². The maximum absolute atomic E-state index is 12.4. The molecule has 0 fully saturated rings. The fourth-order valence-electron chi connectivity index (χ4n) is 2.16. The van der Waals surface area contributed by atoms with Gasteiger partial charge in [-0.25, -0.2) is 13.6 Å². The van der Waals surface area contributed by atoms with Crippen LogP contribution >= 0.6 is 0 Å². The van der Waals surface area contributed by atoms with Gasteiger partial charge in [0.15, 0.2) is 0 Å². The third kappa shape index (κ3) is 1.87. The highest BCUT2D eigenvalue weighted by Gasteiger charge is 2.18. The molecule has 100 valence electrons. The van der Waals surface area contributed by atoms with E-state index in [4.69, 9.17) is 4.42 Å². The summed E-state index contributed by atoms with van der Waals surface area (Å²) in [4.78, 5) is 23.1. The van der Waals surface area contributed by atoms with Gasteiger partial charge in [-0.05, 0) is 23.6 Å². The molecule has 1 heterocycles. The van der Waals surface area contributed by atoms with Gasteiger partial charge in [-0.15, -0.1) is 0 Å². The molecular formula is C15H8F2O3. The number of benzene rings is 2. The van der Waals surface area contributed by atoms with Crippen LogP contribution in [0.25, 0.3) is 21.7 Å². The molecule has 0 bridgehead atoms. The normalized spacial score (nSPS) is 11.3. The second kappa shape index (κ2) is 4.52. The predicted octanol–water partition coefficient (Wildman–Crippen LogP) is 3.39. The lowest BCUT2D eigenvalue weighted by molar-refractivity contribution is 0.0679. The van der Waals surface area contributed by atoms with Crippen LogP contribution in [0.2, 0.25) is 0 Å². The fourth-order valence-corrected chi connectivity index (χ4v) is 2.16. The first-order valence-electron chi connectivity index (χ1n) is 5.86. The number of fused-ring (bicyclic) bond motifs is 3. The number of carbonyl (C=O) groups excluding carboxylic acids is 1. The van der Waals surface area contributed by atoms with E-state index in [1.807, 2.05) is 0 Å². The lowest BCUT2D eigenvalue weighted by atomic mass is 10.0. The van der Waals surface area contributed by atoms with Crippen LogP contribution in [0.15, 0.2) is 51.7 Å². The molecule has 0 saturated carbocycles. The molecule has 0 atom stereocenters. The molecule has 0 aliphatic heterocycles. The summed E-state index contributed by atoms with van der Waals surface area (Å²) in [6.45, 7) is 0. The number of halogens is 2. The molecular weight excluding hydrogens is 266 g/mol. The molecule has 0 N–H and O–H groups in total. The smallest absolute Gasteiger partial charge is 0.344 e. The Bertz CT molecular complexity index is 881. The van der Waals surface area contributed by atoms with E-state index in [2.05, 4.69) is 0 Å². The highest BCUT2D eigenvalue weighted by Crippen LogP contribution is 2.24. The Kier molecular flexibility index (Phi) is 2.82. The zero-order valence-electron chi connectivity index (χ0n) is 10.1. The second-order valence-corrected chi connectivity index (χ2v) is 4.31. The Labute approximate surface area is 111 Å². The molecule has 0 amide bonds. The highest BCUT2D eigenvalue weighted by atomic mass is 19.3. The van der Waals surface area contributed by atoms with Crippen LogP contribution in [-0.4, -0.2) is 12.2 Å². The van der Waals surface area contributed by atoms with Gasteiger partial charge in [-0.3, -0.25) is 4.79 Å². The first-order valence-corrected chi connectivity index (χ1v) is 5.86. The largest absolute Gasteiger partial charge is 0.422 e. The van der Waals surface area contributed by atoms with E-state index in [1.165, 1.54) is 18.2 Å². The minimum absolute atomic E-state index is 0.125. The molecule has 0 radical (unpaired) electrons. The van der Waals surface area contributed by atoms with Crippen molar-refractivity contribution < 1.29 is 18.0 Å². The average molecular weight is 274 g/mol. The summed E-state index contributed by atoms with van der Waals surface area (Å²) in [5.41, 5.74) is -0.610. The Balaban J connectivity index is 2.34. The van der Waals surface area contributed by atoms with Gasteiger partial charge in [0.2, 0.25) is 5.78 Å². The Morgan fingerprint density at radius 2 is 1.70 bits per heavy atom. The van der Waals surface area contributed by atoms with Crippen LogP contribution in [0.4, 0.5) is 8.78 Å². The van der Waals surface area contributed by atoms with Gasteiger partial charge in [0.25, 0.3) is 0 Å². The molecule has 0 aliphatic carbocycles. The predicted molar refractivity (Wildman–Crippen MR) is 70.3 cm³/mol. The minimum Gasteiger partial charge on any atom is -0.422 e. The van der Waals surface area contributed by atoms with Gasteiger partial charge in [0.1, 0.15) is 5.58 Å². The van der Waals surface area contributed by atoms with Crippen molar-refractivity contribution in [1.29, 1.82) is 0 Å². The van der Waals surface area contributed by atoms with Gasteiger partial charge in [-0.1, -0.05) is 24.3 Å². The van der Waals surface area contributed by atoms with Gasteiger partial charge < -0.3 is 4.42 Å². The van der Waals surface area contributed by atoms with E-state index in [0.29, 0.717) is 16.2 Å². The average Bonchev–Trinajstić information content (AvgIpc) is 2.46. The number of alkyl halides is 2. The maximum Gasteiger partial charge on any atom is 0.344 e. The number of ketones is 1. The van der Waals surface area contributed by atoms with E-state index in [1.54, 1.807) is 24.3 Å². The summed E-state index contributed by atoms with van der Waals surface area (Å²) >= 11 is 0. The fraction of sp³-hybridized carbons (Fsp3) is 0.0667. The van der Waals surface area contributed by atoms with Crippen LogP contribution in [0.3, 0.4) is 0 Å². The molecule has 0 aliphatic rings. The number of hydrogen-bond donors (Lipinski definition) is 0. The molecule has 0 spiro atoms. The van der Waals surface area contributed by atoms with E-state index in [-0.39, 0.29) is 11.1 Å². The monoisotopic (exact) mass is 274 g/mol. The number of Topliss-reactive ketones (excluding diaryl/α,β-unsaturated/α-hetero) is 1. The maximum atomic E-state index is 12.4.